The molecule has 12 N–H and O–H groups in total. The van der Waals surface area contributed by atoms with Crippen molar-refractivity contribution >= 4 is 0 Å². The summed E-state index contributed by atoms with van der Waals surface area (Å²) in [5, 5.41) is 132. The molecule has 0 bridgehead atoms. The Balaban J connectivity index is 1.26. The van der Waals surface area contributed by atoms with Crippen molar-refractivity contribution in [2.24, 2.45) is 45.3 Å². The van der Waals surface area contributed by atoms with E-state index in [1.54, 1.807) is 0 Å². The van der Waals surface area contributed by atoms with E-state index in [0.717, 1.165) is 5.57 Å². The van der Waals surface area contributed by atoms with Crippen molar-refractivity contribution in [1.29, 1.82) is 0 Å². The normalized spacial score (nSPS) is 53.5. The molecule has 3 aliphatic heterocycles. The van der Waals surface area contributed by atoms with Crippen molar-refractivity contribution < 1.29 is 89.7 Å². The second kappa shape index (κ2) is 19.2. The van der Waals surface area contributed by atoms with Gasteiger partial charge in [0.25, 0.3) is 0 Å². The van der Waals surface area contributed by atoms with Gasteiger partial charge in [0, 0.05) is 0 Å². The minimum Gasteiger partial charge on any atom is -0.394 e. The van der Waals surface area contributed by atoms with Crippen molar-refractivity contribution in [3.05, 3.63) is 11.6 Å². The molecule has 0 aromatic carbocycles. The molecule has 0 spiro atoms. The van der Waals surface area contributed by atoms with Gasteiger partial charge >= 0.3 is 0 Å². The van der Waals surface area contributed by atoms with Crippen LogP contribution in [0.4, 0.5) is 0 Å². The van der Waals surface area contributed by atoms with Crippen molar-refractivity contribution in [2.45, 2.75) is 230 Å². The van der Waals surface area contributed by atoms with Gasteiger partial charge in [-0.3, -0.25) is 0 Å². The zero-order valence-corrected chi connectivity index (χ0v) is 40.2. The van der Waals surface area contributed by atoms with E-state index in [1.807, 2.05) is 34.6 Å². The lowest BCUT2D eigenvalue weighted by molar-refractivity contribution is -0.380. The van der Waals surface area contributed by atoms with Crippen molar-refractivity contribution in [3.63, 3.8) is 0 Å². The Labute approximate surface area is 388 Å². The molecule has 0 aromatic rings. The summed E-state index contributed by atoms with van der Waals surface area (Å²) in [5.74, 6) is -1.11. The molecule has 3 heterocycles. The van der Waals surface area contributed by atoms with Gasteiger partial charge < -0.3 is 89.7 Å². The molecule has 0 radical (unpaired) electrons. The Bertz CT molecular complexity index is 1700. The first-order chi connectivity index (χ1) is 30.7. The van der Waals surface area contributed by atoms with Gasteiger partial charge in [0.15, 0.2) is 18.9 Å². The molecule has 7 fully saturated rings. The number of hydrogen-bond donors (Lipinski definition) is 12. The average molecular weight is 947 g/mol. The monoisotopic (exact) mass is 947 g/mol. The minimum atomic E-state index is -1.74. The van der Waals surface area contributed by atoms with Crippen LogP contribution in [-0.4, -0.2) is 191 Å². The average Bonchev–Trinajstić information content (AvgIpc) is 3.64. The largest absolute Gasteiger partial charge is 0.394 e. The first-order valence-electron chi connectivity index (χ1n) is 24.3. The maximum Gasteiger partial charge on any atom is 0.187 e. The Hall–Kier alpha value is -0.980. The predicted molar refractivity (Wildman–Crippen MR) is 234 cm³/mol. The molecule has 3 saturated heterocycles. The molecule has 4 saturated carbocycles. The summed E-state index contributed by atoms with van der Waals surface area (Å²) in [7, 11) is 0. The quantitative estimate of drug-likeness (QED) is 0.0904. The number of aliphatic hydroxyl groups is 12. The van der Waals surface area contributed by atoms with E-state index in [2.05, 4.69) is 26.8 Å². The van der Waals surface area contributed by atoms with Crippen LogP contribution in [0.2, 0.25) is 0 Å². The SMILES string of the molecule is CC(C)=CCC[C@](C)(O[C@@H]1O[C@H](CO)[C@@H](O)[C@H](O)[C@H]1O[C@@H]1O[C@@H](C)[C@H](O)[C@@H](O)[C@H]1O)[C@H]1CC[C@]2(C)[C@@H]1[C@H](O)C[C@@H]1[C@@]3(C)CC[C@H](O)C(C)(C)[C@@H]3[C@@H](O[C@@H]3O[C@H](CO)[C@@H](O)[C@H](O)[C@H]3O)C[C@]12C. The molecule has 18 heteroatoms. The Morgan fingerprint density at radius 2 is 1.26 bits per heavy atom. The third-order valence-corrected chi connectivity index (χ3v) is 18.7. The van der Waals surface area contributed by atoms with E-state index in [4.69, 9.17) is 28.4 Å². The number of ether oxygens (including phenoxy) is 6. The van der Waals surface area contributed by atoms with Crippen LogP contribution >= 0.6 is 0 Å². The Kier molecular flexibility index (Phi) is 15.4. The maximum atomic E-state index is 12.8. The highest BCUT2D eigenvalue weighted by atomic mass is 16.8. The fraction of sp³-hybridized carbons (Fsp3) is 0.958. The van der Waals surface area contributed by atoms with Crippen LogP contribution in [-0.2, 0) is 28.4 Å². The van der Waals surface area contributed by atoms with Crippen molar-refractivity contribution in [2.75, 3.05) is 13.2 Å². The number of hydrogen-bond acceptors (Lipinski definition) is 18. The number of aliphatic hydroxyl groups excluding tert-OH is 12. The van der Waals surface area contributed by atoms with Gasteiger partial charge in [0.2, 0.25) is 0 Å². The Morgan fingerprint density at radius 1 is 0.682 bits per heavy atom. The standard InChI is InChI=1S/C48H82O18/c1-21(2)11-10-14-48(9,66-43-39(36(58)33(55)27(20-50)64-43)65-41-37(59)34(56)31(53)22(3)61-41)23-12-16-46(7)30(23)24(51)17-28-45(6)15-13-29(52)44(4,5)40(45)25(18-47(28,46)8)62-42-38(60)35(57)32(54)26(19-49)63-42/h11,22-43,49-60H,10,12-20H2,1-9H3/t22-,23-,24+,25-,26+,27+,28+,29-,30-,31-,32+,33+,34+,35-,36-,37+,38+,39+,40-,41-,42+,43-,45+,46+,47+,48-/m0/s1. The third-order valence-electron chi connectivity index (χ3n) is 18.7. The van der Waals surface area contributed by atoms with Gasteiger partial charge in [-0.15, -0.1) is 0 Å². The molecule has 382 valence electrons. The fourth-order valence-corrected chi connectivity index (χ4v) is 14.9. The molecular formula is C48H82O18. The minimum absolute atomic E-state index is 0.0659. The van der Waals surface area contributed by atoms with Crippen LogP contribution in [0, 0.1) is 45.3 Å². The number of allylic oxidation sites excluding steroid dienone is 2. The van der Waals surface area contributed by atoms with Crippen molar-refractivity contribution in [1.82, 2.24) is 0 Å². The first kappa shape index (κ1) is 52.8. The summed E-state index contributed by atoms with van der Waals surface area (Å²) in [6.45, 7) is 16.8. The van der Waals surface area contributed by atoms with Gasteiger partial charge in [0.05, 0.1) is 43.2 Å². The van der Waals surface area contributed by atoms with Gasteiger partial charge in [0.1, 0.15) is 67.1 Å². The smallest absolute Gasteiger partial charge is 0.187 e. The lowest BCUT2D eigenvalue weighted by atomic mass is 9.34. The summed E-state index contributed by atoms with van der Waals surface area (Å²) in [6, 6.07) is 0. The molecule has 0 amide bonds. The molecule has 7 aliphatic rings. The van der Waals surface area contributed by atoms with E-state index in [1.165, 1.54) is 6.92 Å². The molecular weight excluding hydrogens is 865 g/mol. The summed E-state index contributed by atoms with van der Waals surface area (Å²) in [4.78, 5) is 0. The van der Waals surface area contributed by atoms with E-state index in [0.29, 0.717) is 51.4 Å². The van der Waals surface area contributed by atoms with Gasteiger partial charge in [-0.25, -0.2) is 0 Å². The second-order valence-corrected chi connectivity index (χ2v) is 23.0. The third kappa shape index (κ3) is 8.69. The van der Waals surface area contributed by atoms with Gasteiger partial charge in [-0.2, -0.15) is 0 Å². The summed E-state index contributed by atoms with van der Waals surface area (Å²) >= 11 is 0. The molecule has 26 atom stereocenters. The predicted octanol–water partition coefficient (Wildman–Crippen LogP) is -0.0284. The summed E-state index contributed by atoms with van der Waals surface area (Å²) < 4.78 is 38.0. The van der Waals surface area contributed by atoms with Crippen LogP contribution in [0.25, 0.3) is 0 Å². The summed E-state index contributed by atoms with van der Waals surface area (Å²) in [6.07, 6.45) is -18.3. The Morgan fingerprint density at radius 3 is 1.86 bits per heavy atom. The molecule has 66 heavy (non-hydrogen) atoms. The zero-order chi connectivity index (χ0) is 48.8. The van der Waals surface area contributed by atoms with Crippen LogP contribution in [0.1, 0.15) is 114 Å². The highest BCUT2D eigenvalue weighted by molar-refractivity contribution is 5.22. The van der Waals surface area contributed by atoms with Crippen LogP contribution in [0.5, 0.6) is 0 Å². The summed E-state index contributed by atoms with van der Waals surface area (Å²) in [5.41, 5.74) is -2.40. The second-order valence-electron chi connectivity index (χ2n) is 23.0. The molecule has 0 aromatic heterocycles. The molecule has 4 aliphatic carbocycles. The van der Waals surface area contributed by atoms with Crippen LogP contribution in [0.15, 0.2) is 11.6 Å². The van der Waals surface area contributed by atoms with E-state index in [-0.39, 0.29) is 17.8 Å². The number of rotatable bonds is 12. The van der Waals surface area contributed by atoms with E-state index in [9.17, 15) is 61.3 Å². The highest BCUT2D eigenvalue weighted by Crippen LogP contribution is 2.76. The highest BCUT2D eigenvalue weighted by Gasteiger charge is 2.74. The topological polar surface area (TPSA) is 298 Å². The first-order valence-corrected chi connectivity index (χ1v) is 24.3. The van der Waals surface area contributed by atoms with Gasteiger partial charge in [-0.05, 0) is 124 Å². The van der Waals surface area contributed by atoms with Crippen molar-refractivity contribution in [3.8, 4) is 0 Å². The number of fused-ring (bicyclic) bond motifs is 5. The zero-order valence-electron chi connectivity index (χ0n) is 40.2. The van der Waals surface area contributed by atoms with E-state index < -0.39 is 157 Å². The fourth-order valence-electron chi connectivity index (χ4n) is 14.9. The van der Waals surface area contributed by atoms with Gasteiger partial charge in [-0.1, -0.05) is 46.3 Å². The van der Waals surface area contributed by atoms with Crippen LogP contribution < -0.4 is 0 Å². The lowest BCUT2D eigenvalue weighted by Crippen LogP contribution is -2.71. The molecule has 0 unspecified atom stereocenters. The van der Waals surface area contributed by atoms with E-state index >= 15 is 0 Å². The lowest BCUT2D eigenvalue weighted by Gasteiger charge is -2.72. The van der Waals surface area contributed by atoms with Crippen LogP contribution in [0.3, 0.4) is 0 Å². The molecule has 7 rings (SSSR count). The molecule has 18 nitrogen and oxygen atoms in total. The maximum absolute atomic E-state index is 12.8.